The second-order valence-corrected chi connectivity index (χ2v) is 6.83. The van der Waals surface area contributed by atoms with E-state index >= 15 is 0 Å². The first-order valence-electron chi connectivity index (χ1n) is 6.03. The van der Waals surface area contributed by atoms with Crippen LogP contribution in [0.2, 0.25) is 0 Å². The molecule has 0 amide bonds. The standard InChI is InChI=1S/C16H10Br2/c17-13-5-9-1-2-10-6-14(18)8-12-4-3-11(7-13)15(9)16(10)12/h1-3,5-6,8H,4,7H2. The van der Waals surface area contributed by atoms with Crippen molar-refractivity contribution in [3.63, 3.8) is 0 Å². The minimum Gasteiger partial charge on any atom is -0.0759 e. The fraction of sp³-hybridized carbons (Fsp3) is 0.125. The molecule has 2 aromatic carbocycles. The smallest absolute Gasteiger partial charge is 0.0184 e. The predicted octanol–water partition coefficient (Wildman–Crippen LogP) is 5.68. The van der Waals surface area contributed by atoms with Gasteiger partial charge in [-0.3, -0.25) is 0 Å². The number of benzene rings is 2. The topological polar surface area (TPSA) is 0 Å². The highest BCUT2D eigenvalue weighted by Crippen LogP contribution is 2.43. The van der Waals surface area contributed by atoms with Crippen molar-refractivity contribution in [2.24, 2.45) is 0 Å². The molecule has 4 rings (SSSR count). The molecule has 2 aliphatic carbocycles. The van der Waals surface area contributed by atoms with Gasteiger partial charge in [-0.15, -0.1) is 0 Å². The Hall–Kier alpha value is -0.860. The van der Waals surface area contributed by atoms with E-state index in [-0.39, 0.29) is 0 Å². The second kappa shape index (κ2) is 3.82. The van der Waals surface area contributed by atoms with Gasteiger partial charge in [0.1, 0.15) is 0 Å². The normalized spacial score (nSPS) is 16.6. The number of halogens is 2. The summed E-state index contributed by atoms with van der Waals surface area (Å²) >= 11 is 7.26. The average molecular weight is 362 g/mol. The lowest BCUT2D eigenvalue weighted by Gasteiger charge is -2.24. The number of allylic oxidation sites excluding steroid dienone is 3. The molecule has 2 heteroatoms. The van der Waals surface area contributed by atoms with Crippen LogP contribution >= 0.6 is 31.9 Å². The van der Waals surface area contributed by atoms with Crippen molar-refractivity contribution in [1.82, 2.24) is 0 Å². The van der Waals surface area contributed by atoms with Gasteiger partial charge in [0.2, 0.25) is 0 Å². The van der Waals surface area contributed by atoms with E-state index in [2.05, 4.69) is 68.3 Å². The van der Waals surface area contributed by atoms with Crippen LogP contribution in [-0.4, -0.2) is 0 Å². The Balaban J connectivity index is 2.20. The maximum atomic E-state index is 3.65. The van der Waals surface area contributed by atoms with Crippen LogP contribution in [0, 0.1) is 0 Å². The highest BCUT2D eigenvalue weighted by molar-refractivity contribution is 9.11. The van der Waals surface area contributed by atoms with E-state index in [1.54, 1.807) is 0 Å². The summed E-state index contributed by atoms with van der Waals surface area (Å²) in [6.07, 6.45) is 6.70. The molecule has 0 nitrogen and oxygen atoms in total. The van der Waals surface area contributed by atoms with Crippen LogP contribution in [0.5, 0.6) is 0 Å². The molecule has 0 saturated carbocycles. The molecule has 0 saturated heterocycles. The maximum Gasteiger partial charge on any atom is 0.0184 e. The van der Waals surface area contributed by atoms with Crippen molar-refractivity contribution in [3.05, 3.63) is 56.0 Å². The summed E-state index contributed by atoms with van der Waals surface area (Å²) in [4.78, 5) is 0. The lowest BCUT2D eigenvalue weighted by atomic mass is 9.81. The lowest BCUT2D eigenvalue weighted by molar-refractivity contribution is 1.22. The molecule has 0 radical (unpaired) electrons. The third-order valence-electron chi connectivity index (χ3n) is 3.76. The summed E-state index contributed by atoms with van der Waals surface area (Å²) < 4.78 is 2.45. The maximum absolute atomic E-state index is 3.65. The van der Waals surface area contributed by atoms with E-state index in [9.17, 15) is 0 Å². The monoisotopic (exact) mass is 360 g/mol. The van der Waals surface area contributed by atoms with Crippen LogP contribution in [0.15, 0.2) is 39.3 Å². The van der Waals surface area contributed by atoms with E-state index in [4.69, 9.17) is 0 Å². The summed E-state index contributed by atoms with van der Waals surface area (Å²) in [5.74, 6) is 0. The van der Waals surface area contributed by atoms with Gasteiger partial charge in [-0.05, 0) is 57.7 Å². The van der Waals surface area contributed by atoms with Crippen molar-refractivity contribution in [2.75, 3.05) is 0 Å². The largest absolute Gasteiger partial charge is 0.0759 e. The Morgan fingerprint density at radius 2 is 1.94 bits per heavy atom. The van der Waals surface area contributed by atoms with Gasteiger partial charge in [-0.25, -0.2) is 0 Å². The van der Waals surface area contributed by atoms with Crippen LogP contribution in [0.25, 0.3) is 22.4 Å². The summed E-state index contributed by atoms with van der Waals surface area (Å²) in [5, 5.41) is 2.79. The molecule has 0 atom stereocenters. The van der Waals surface area contributed by atoms with Gasteiger partial charge in [0.15, 0.2) is 0 Å². The molecule has 0 N–H and O–H groups in total. The molecule has 0 aromatic heterocycles. The van der Waals surface area contributed by atoms with E-state index < -0.39 is 0 Å². The SMILES string of the molecule is BrC1=Cc2ccc3cc(Br)cc4c3c2C(=CC4)C1. The van der Waals surface area contributed by atoms with E-state index in [0.717, 1.165) is 12.8 Å². The van der Waals surface area contributed by atoms with Crippen molar-refractivity contribution < 1.29 is 0 Å². The van der Waals surface area contributed by atoms with Gasteiger partial charge in [0, 0.05) is 15.4 Å². The van der Waals surface area contributed by atoms with Gasteiger partial charge in [0.05, 0.1) is 0 Å². The quantitative estimate of drug-likeness (QED) is 0.566. The minimum atomic E-state index is 1.03. The summed E-state index contributed by atoms with van der Waals surface area (Å²) in [6.45, 7) is 0. The number of hydrogen-bond donors (Lipinski definition) is 0. The third-order valence-corrected chi connectivity index (χ3v) is 4.72. The van der Waals surface area contributed by atoms with Crippen LogP contribution < -0.4 is 0 Å². The minimum absolute atomic E-state index is 1.03. The molecule has 0 heterocycles. The highest BCUT2D eigenvalue weighted by Gasteiger charge is 2.21. The fourth-order valence-corrected chi connectivity index (χ4v) is 4.13. The van der Waals surface area contributed by atoms with Crippen molar-refractivity contribution in [3.8, 4) is 0 Å². The zero-order valence-electron chi connectivity index (χ0n) is 9.63. The average Bonchev–Trinajstić information content (AvgIpc) is 2.34. The lowest BCUT2D eigenvalue weighted by Crippen LogP contribution is -2.04. The molecule has 0 unspecified atom stereocenters. The predicted molar refractivity (Wildman–Crippen MR) is 84.9 cm³/mol. The van der Waals surface area contributed by atoms with E-state index in [1.807, 2.05) is 0 Å². The Bertz CT molecular complexity index is 751. The van der Waals surface area contributed by atoms with Crippen LogP contribution in [0.4, 0.5) is 0 Å². The molecular formula is C16H10Br2. The Kier molecular flexibility index (Phi) is 2.33. The van der Waals surface area contributed by atoms with Crippen LogP contribution in [0.3, 0.4) is 0 Å². The van der Waals surface area contributed by atoms with Gasteiger partial charge in [-0.1, -0.05) is 50.1 Å². The first-order valence-corrected chi connectivity index (χ1v) is 7.61. The van der Waals surface area contributed by atoms with Gasteiger partial charge >= 0.3 is 0 Å². The van der Waals surface area contributed by atoms with Gasteiger partial charge in [0.25, 0.3) is 0 Å². The fourth-order valence-electron chi connectivity index (χ4n) is 3.05. The number of hydrogen-bond acceptors (Lipinski definition) is 0. The number of rotatable bonds is 0. The van der Waals surface area contributed by atoms with Gasteiger partial charge < -0.3 is 0 Å². The summed E-state index contributed by atoms with van der Waals surface area (Å²) in [5.41, 5.74) is 5.70. The van der Waals surface area contributed by atoms with E-state index in [0.29, 0.717) is 0 Å². The Morgan fingerprint density at radius 3 is 2.83 bits per heavy atom. The molecule has 2 aromatic rings. The van der Waals surface area contributed by atoms with Crippen molar-refractivity contribution >= 4 is 54.3 Å². The molecule has 0 bridgehead atoms. The molecule has 18 heavy (non-hydrogen) atoms. The molecule has 0 fully saturated rings. The molecule has 2 aliphatic rings. The molecule has 0 spiro atoms. The summed E-state index contributed by atoms with van der Waals surface area (Å²) in [7, 11) is 0. The molecule has 0 aliphatic heterocycles. The first-order chi connectivity index (χ1) is 8.72. The van der Waals surface area contributed by atoms with Gasteiger partial charge in [-0.2, -0.15) is 0 Å². The third kappa shape index (κ3) is 1.49. The van der Waals surface area contributed by atoms with Crippen molar-refractivity contribution in [2.45, 2.75) is 12.8 Å². The summed E-state index contributed by atoms with van der Waals surface area (Å²) in [6, 6.07) is 8.93. The first kappa shape index (κ1) is 11.0. The Morgan fingerprint density at radius 1 is 1.06 bits per heavy atom. The Labute approximate surface area is 123 Å². The highest BCUT2D eigenvalue weighted by atomic mass is 79.9. The molecular weight excluding hydrogens is 352 g/mol. The molecule has 88 valence electrons. The van der Waals surface area contributed by atoms with Crippen molar-refractivity contribution in [1.29, 1.82) is 0 Å². The van der Waals surface area contributed by atoms with E-state index in [1.165, 1.54) is 42.0 Å². The second-order valence-electron chi connectivity index (χ2n) is 4.89. The van der Waals surface area contributed by atoms with Crippen LogP contribution in [-0.2, 0) is 6.42 Å². The zero-order valence-corrected chi connectivity index (χ0v) is 12.8. The zero-order chi connectivity index (χ0) is 12.3. The van der Waals surface area contributed by atoms with Crippen LogP contribution in [0.1, 0.15) is 23.1 Å².